The van der Waals surface area contributed by atoms with Gasteiger partial charge in [0.15, 0.2) is 11.4 Å². The maximum absolute atomic E-state index is 13.6. The number of carbonyl (C=O) groups excluding carboxylic acids is 3. The molecule has 1 aliphatic heterocycles. The molecule has 198 valence electrons. The van der Waals surface area contributed by atoms with Crippen molar-refractivity contribution in [1.29, 1.82) is 0 Å². The average Bonchev–Trinajstić information content (AvgIpc) is 3.23. The van der Waals surface area contributed by atoms with Crippen molar-refractivity contribution in [2.45, 2.75) is 96.9 Å². The predicted molar refractivity (Wildman–Crippen MR) is 129 cm³/mol. The van der Waals surface area contributed by atoms with Crippen LogP contribution in [0.15, 0.2) is 11.8 Å². The molecule has 7 heteroatoms. The van der Waals surface area contributed by atoms with Crippen LogP contribution >= 0.6 is 0 Å². The molecule has 6 rings (SSSR count). The molecule has 1 heterocycles. The summed E-state index contributed by atoms with van der Waals surface area (Å²) in [5, 5.41) is 23.0. The Kier molecular flexibility index (Phi) is 5.08. The summed E-state index contributed by atoms with van der Waals surface area (Å²) in [5.74, 6) is -1.45. The molecular formula is C29H40O7. The minimum absolute atomic E-state index is 0.0450. The summed E-state index contributed by atoms with van der Waals surface area (Å²) in [6.45, 7) is 9.16. The van der Waals surface area contributed by atoms with Crippen molar-refractivity contribution in [1.82, 2.24) is 0 Å². The Labute approximate surface area is 213 Å². The smallest absolute Gasteiger partial charge is 0.343 e. The molecule has 0 aromatic heterocycles. The maximum atomic E-state index is 13.6. The molecule has 1 saturated heterocycles. The highest BCUT2D eigenvalue weighted by atomic mass is 16.6. The quantitative estimate of drug-likeness (QED) is 0.530. The van der Waals surface area contributed by atoms with Gasteiger partial charge in [-0.3, -0.25) is 9.59 Å². The zero-order valence-corrected chi connectivity index (χ0v) is 22.1. The summed E-state index contributed by atoms with van der Waals surface area (Å²) in [5.41, 5.74) is -3.70. The van der Waals surface area contributed by atoms with Gasteiger partial charge in [0.05, 0.1) is 5.41 Å². The molecule has 5 fully saturated rings. The Morgan fingerprint density at radius 3 is 2.50 bits per heavy atom. The van der Waals surface area contributed by atoms with E-state index in [-0.39, 0.29) is 58.6 Å². The SMILES string of the molecule is CC(=O)OC12CCC3C(C(O)C(=O)C4CCCCC43C)C1CC1C2[C@H](C)C=C2OC(=O)[C@@](C)(O)C21C. The van der Waals surface area contributed by atoms with Gasteiger partial charge in [0.25, 0.3) is 0 Å². The first kappa shape index (κ1) is 24.6. The van der Waals surface area contributed by atoms with Crippen molar-refractivity contribution in [2.24, 2.45) is 52.3 Å². The normalized spacial score (nSPS) is 55.4. The van der Waals surface area contributed by atoms with E-state index < -0.39 is 28.7 Å². The van der Waals surface area contributed by atoms with Gasteiger partial charge in [-0.1, -0.05) is 26.7 Å². The van der Waals surface area contributed by atoms with Crippen molar-refractivity contribution in [3.8, 4) is 0 Å². The highest BCUT2D eigenvalue weighted by Crippen LogP contribution is 2.72. The van der Waals surface area contributed by atoms with Crippen LogP contribution in [-0.2, 0) is 23.9 Å². The molecule has 5 aliphatic carbocycles. The summed E-state index contributed by atoms with van der Waals surface area (Å²) in [6.07, 6.45) is 6.81. The summed E-state index contributed by atoms with van der Waals surface area (Å²) in [4.78, 5) is 39.0. The van der Waals surface area contributed by atoms with E-state index in [1.807, 2.05) is 13.0 Å². The van der Waals surface area contributed by atoms with E-state index in [2.05, 4.69) is 13.8 Å². The Bertz CT molecular complexity index is 1060. The molecule has 7 nitrogen and oxygen atoms in total. The molecule has 0 amide bonds. The lowest BCUT2D eigenvalue weighted by molar-refractivity contribution is -0.212. The third-order valence-electron chi connectivity index (χ3n) is 12.2. The lowest BCUT2D eigenvalue weighted by Crippen LogP contribution is -2.65. The van der Waals surface area contributed by atoms with Gasteiger partial charge in [0, 0.05) is 30.6 Å². The first-order valence-electron chi connectivity index (χ1n) is 13.9. The molecular weight excluding hydrogens is 460 g/mol. The van der Waals surface area contributed by atoms with E-state index in [9.17, 15) is 24.6 Å². The van der Waals surface area contributed by atoms with E-state index in [0.717, 1.165) is 32.1 Å². The average molecular weight is 501 g/mol. The number of hydrogen-bond acceptors (Lipinski definition) is 7. The third kappa shape index (κ3) is 2.69. The fraction of sp³-hybridized carbons (Fsp3) is 0.828. The number of Topliss-reactive ketones (excluding diaryl/α,β-unsaturated/α-hetero) is 1. The van der Waals surface area contributed by atoms with Gasteiger partial charge in [0.2, 0.25) is 0 Å². The van der Waals surface area contributed by atoms with Gasteiger partial charge < -0.3 is 19.7 Å². The second kappa shape index (κ2) is 7.43. The van der Waals surface area contributed by atoms with E-state index in [4.69, 9.17) is 9.47 Å². The van der Waals surface area contributed by atoms with E-state index in [0.29, 0.717) is 18.6 Å². The number of carbonyl (C=O) groups is 3. The van der Waals surface area contributed by atoms with Crippen LogP contribution in [-0.4, -0.2) is 45.2 Å². The summed E-state index contributed by atoms with van der Waals surface area (Å²) >= 11 is 0. The van der Waals surface area contributed by atoms with Crippen LogP contribution in [0.5, 0.6) is 0 Å². The molecule has 0 aromatic carbocycles. The number of hydrogen-bond donors (Lipinski definition) is 2. The fourth-order valence-corrected chi connectivity index (χ4v) is 10.5. The Morgan fingerprint density at radius 2 is 1.81 bits per heavy atom. The molecule has 0 spiro atoms. The lowest BCUT2D eigenvalue weighted by Gasteiger charge is -2.61. The van der Waals surface area contributed by atoms with Crippen LogP contribution in [0.25, 0.3) is 0 Å². The monoisotopic (exact) mass is 500 g/mol. The van der Waals surface area contributed by atoms with Crippen molar-refractivity contribution in [2.75, 3.05) is 0 Å². The summed E-state index contributed by atoms with van der Waals surface area (Å²) < 4.78 is 12.0. The van der Waals surface area contributed by atoms with Gasteiger partial charge in [-0.15, -0.1) is 0 Å². The Morgan fingerprint density at radius 1 is 1.08 bits per heavy atom. The topological polar surface area (TPSA) is 110 Å². The van der Waals surface area contributed by atoms with Crippen molar-refractivity contribution in [3.05, 3.63) is 11.8 Å². The number of aliphatic hydroxyl groups is 2. The molecule has 2 N–H and O–H groups in total. The minimum atomic E-state index is -1.71. The highest BCUT2D eigenvalue weighted by molar-refractivity contribution is 5.88. The standard InChI is InChI=1S/C29H40O7/c1-14-12-20-27(4,28(5,34)25(33)35-20)19-13-18-21-16(9-11-29(18,22(14)19)36-15(2)30)26(3)10-7-6-8-17(26)23(31)24(21)32/h12,14,16-19,21-22,24,32,34H,6-11,13H2,1-5H3/t14-,16?,17?,18?,19?,21?,22?,24?,26?,27?,28-,29?/m1/s1. The molecule has 0 bridgehead atoms. The molecule has 0 aromatic rings. The largest absolute Gasteiger partial charge is 0.459 e. The third-order valence-corrected chi connectivity index (χ3v) is 12.2. The van der Waals surface area contributed by atoms with E-state index in [1.165, 1.54) is 13.8 Å². The van der Waals surface area contributed by atoms with Crippen LogP contribution in [0.3, 0.4) is 0 Å². The number of aliphatic hydroxyl groups excluding tert-OH is 1. The van der Waals surface area contributed by atoms with Gasteiger partial charge >= 0.3 is 11.9 Å². The Hall–Kier alpha value is -1.73. The van der Waals surface area contributed by atoms with Crippen molar-refractivity contribution >= 4 is 17.7 Å². The van der Waals surface area contributed by atoms with Crippen LogP contribution in [0, 0.1) is 52.3 Å². The van der Waals surface area contributed by atoms with Gasteiger partial charge in [0.1, 0.15) is 17.5 Å². The second-order valence-corrected chi connectivity index (χ2v) is 13.5. The van der Waals surface area contributed by atoms with Gasteiger partial charge in [-0.25, -0.2) is 4.79 Å². The summed E-state index contributed by atoms with van der Waals surface area (Å²) in [7, 11) is 0. The number of rotatable bonds is 1. The lowest BCUT2D eigenvalue weighted by atomic mass is 9.45. The first-order chi connectivity index (χ1) is 16.8. The van der Waals surface area contributed by atoms with E-state index >= 15 is 0 Å². The molecule has 12 atom stereocenters. The zero-order valence-electron chi connectivity index (χ0n) is 22.1. The number of allylic oxidation sites excluding steroid dienone is 1. The number of ketones is 1. The molecule has 0 radical (unpaired) electrons. The van der Waals surface area contributed by atoms with Crippen LogP contribution in [0.2, 0.25) is 0 Å². The predicted octanol–water partition coefficient (Wildman–Crippen LogP) is 3.55. The Balaban J connectivity index is 1.50. The minimum Gasteiger partial charge on any atom is -0.459 e. The second-order valence-electron chi connectivity index (χ2n) is 13.5. The van der Waals surface area contributed by atoms with Crippen LogP contribution in [0.4, 0.5) is 0 Å². The van der Waals surface area contributed by atoms with Gasteiger partial charge in [-0.05, 0) is 75.2 Å². The van der Waals surface area contributed by atoms with Gasteiger partial charge in [-0.2, -0.15) is 0 Å². The molecule has 36 heavy (non-hydrogen) atoms. The number of fused-ring (bicyclic) bond motifs is 9. The highest BCUT2D eigenvalue weighted by Gasteiger charge is 2.76. The van der Waals surface area contributed by atoms with E-state index in [1.54, 1.807) is 0 Å². The van der Waals surface area contributed by atoms with Crippen LogP contribution in [0.1, 0.15) is 79.6 Å². The zero-order chi connectivity index (χ0) is 26.0. The molecule has 4 saturated carbocycles. The van der Waals surface area contributed by atoms with Crippen LogP contribution < -0.4 is 0 Å². The summed E-state index contributed by atoms with van der Waals surface area (Å²) in [6, 6.07) is 0. The fourth-order valence-electron chi connectivity index (χ4n) is 10.5. The first-order valence-corrected chi connectivity index (χ1v) is 13.9. The molecule has 6 aliphatic rings. The van der Waals surface area contributed by atoms with Crippen molar-refractivity contribution < 1.29 is 34.1 Å². The number of ether oxygens (including phenoxy) is 2. The maximum Gasteiger partial charge on any atom is 0.343 e. The molecule has 10 unspecified atom stereocenters. The number of esters is 2. The van der Waals surface area contributed by atoms with Crippen molar-refractivity contribution in [3.63, 3.8) is 0 Å².